The molecule has 1 aliphatic rings. The SMILES string of the molecule is COCC(C)NC(=O)CN1CCCCC1CNC(C)(C)C. The van der Waals surface area contributed by atoms with E-state index in [1.807, 2.05) is 6.92 Å². The van der Waals surface area contributed by atoms with Crippen molar-refractivity contribution < 1.29 is 9.53 Å². The Morgan fingerprint density at radius 3 is 2.71 bits per heavy atom. The average molecular weight is 299 g/mol. The van der Waals surface area contributed by atoms with Crippen LogP contribution in [-0.4, -0.2) is 61.8 Å². The fraction of sp³-hybridized carbons (Fsp3) is 0.938. The van der Waals surface area contributed by atoms with Gasteiger partial charge in [0.1, 0.15) is 0 Å². The Hall–Kier alpha value is -0.650. The molecule has 0 aromatic rings. The van der Waals surface area contributed by atoms with Gasteiger partial charge in [0.2, 0.25) is 5.91 Å². The Kier molecular flexibility index (Phi) is 7.63. The van der Waals surface area contributed by atoms with Crippen molar-refractivity contribution in [2.75, 3.05) is 33.4 Å². The van der Waals surface area contributed by atoms with Crippen LogP contribution in [0.25, 0.3) is 0 Å². The molecular weight excluding hydrogens is 266 g/mol. The van der Waals surface area contributed by atoms with Gasteiger partial charge in [-0.1, -0.05) is 6.42 Å². The number of rotatable bonds is 7. The number of nitrogens with one attached hydrogen (secondary N) is 2. The normalized spacial score (nSPS) is 22.0. The zero-order chi connectivity index (χ0) is 15.9. The molecule has 0 aromatic carbocycles. The van der Waals surface area contributed by atoms with Crippen molar-refractivity contribution in [3.8, 4) is 0 Å². The van der Waals surface area contributed by atoms with Crippen molar-refractivity contribution in [3.63, 3.8) is 0 Å². The molecule has 0 saturated carbocycles. The fourth-order valence-corrected chi connectivity index (χ4v) is 2.72. The molecule has 1 fully saturated rings. The van der Waals surface area contributed by atoms with Crippen LogP contribution in [0.5, 0.6) is 0 Å². The number of hydrogen-bond donors (Lipinski definition) is 2. The third kappa shape index (κ3) is 7.79. The summed E-state index contributed by atoms with van der Waals surface area (Å²) in [5, 5.41) is 6.56. The van der Waals surface area contributed by atoms with E-state index in [-0.39, 0.29) is 17.5 Å². The first-order valence-corrected chi connectivity index (χ1v) is 8.09. The molecule has 1 aliphatic heterocycles. The first kappa shape index (κ1) is 18.4. The zero-order valence-corrected chi connectivity index (χ0v) is 14.4. The van der Waals surface area contributed by atoms with Crippen LogP contribution in [0.4, 0.5) is 0 Å². The van der Waals surface area contributed by atoms with Crippen molar-refractivity contribution >= 4 is 5.91 Å². The maximum atomic E-state index is 12.1. The Morgan fingerprint density at radius 1 is 1.38 bits per heavy atom. The van der Waals surface area contributed by atoms with Crippen LogP contribution in [0.3, 0.4) is 0 Å². The highest BCUT2D eigenvalue weighted by molar-refractivity contribution is 5.78. The fourth-order valence-electron chi connectivity index (χ4n) is 2.72. The van der Waals surface area contributed by atoms with E-state index in [0.29, 0.717) is 19.2 Å². The summed E-state index contributed by atoms with van der Waals surface area (Å²) in [4.78, 5) is 14.4. The minimum absolute atomic E-state index is 0.0680. The number of amides is 1. The summed E-state index contributed by atoms with van der Waals surface area (Å²) >= 11 is 0. The molecule has 2 N–H and O–H groups in total. The van der Waals surface area contributed by atoms with Gasteiger partial charge in [0.15, 0.2) is 0 Å². The molecule has 2 atom stereocenters. The molecule has 2 unspecified atom stereocenters. The molecule has 1 rings (SSSR count). The lowest BCUT2D eigenvalue weighted by atomic mass is 10.0. The van der Waals surface area contributed by atoms with Gasteiger partial charge < -0.3 is 15.4 Å². The molecule has 1 heterocycles. The second-order valence-electron chi connectivity index (χ2n) is 7.17. The molecule has 1 amide bonds. The standard InChI is InChI=1S/C16H33N3O2/c1-13(12-21-5)18-15(20)11-19-9-7-6-8-14(19)10-17-16(2,3)4/h13-14,17H,6-12H2,1-5H3,(H,18,20). The number of methoxy groups -OCH3 is 1. The Labute approximate surface area is 129 Å². The predicted molar refractivity (Wildman–Crippen MR) is 86.4 cm³/mol. The van der Waals surface area contributed by atoms with E-state index < -0.39 is 0 Å². The van der Waals surface area contributed by atoms with Crippen LogP contribution >= 0.6 is 0 Å². The summed E-state index contributed by atoms with van der Waals surface area (Å²) < 4.78 is 5.05. The topological polar surface area (TPSA) is 53.6 Å². The minimum atomic E-state index is 0.0680. The smallest absolute Gasteiger partial charge is 0.234 e. The first-order chi connectivity index (χ1) is 9.81. The molecule has 0 radical (unpaired) electrons. The van der Waals surface area contributed by atoms with Gasteiger partial charge in [0.05, 0.1) is 13.2 Å². The highest BCUT2D eigenvalue weighted by atomic mass is 16.5. The summed E-state index contributed by atoms with van der Waals surface area (Å²) in [7, 11) is 1.65. The van der Waals surface area contributed by atoms with Gasteiger partial charge in [0.25, 0.3) is 0 Å². The van der Waals surface area contributed by atoms with E-state index in [2.05, 4.69) is 36.3 Å². The van der Waals surface area contributed by atoms with E-state index in [1.54, 1.807) is 7.11 Å². The minimum Gasteiger partial charge on any atom is -0.383 e. The van der Waals surface area contributed by atoms with Gasteiger partial charge in [-0.05, 0) is 47.1 Å². The van der Waals surface area contributed by atoms with Crippen molar-refractivity contribution in [2.45, 2.75) is 64.6 Å². The van der Waals surface area contributed by atoms with E-state index in [9.17, 15) is 4.79 Å². The zero-order valence-electron chi connectivity index (χ0n) is 14.4. The van der Waals surface area contributed by atoms with E-state index >= 15 is 0 Å². The third-order valence-electron chi connectivity index (χ3n) is 3.79. The molecule has 124 valence electrons. The molecule has 0 spiro atoms. The highest BCUT2D eigenvalue weighted by Gasteiger charge is 2.25. The number of piperidine rings is 1. The van der Waals surface area contributed by atoms with Crippen molar-refractivity contribution in [1.82, 2.24) is 15.5 Å². The van der Waals surface area contributed by atoms with Crippen LogP contribution < -0.4 is 10.6 Å². The second kappa shape index (κ2) is 8.71. The molecule has 0 aliphatic carbocycles. The lowest BCUT2D eigenvalue weighted by Gasteiger charge is -2.37. The largest absolute Gasteiger partial charge is 0.383 e. The molecule has 21 heavy (non-hydrogen) atoms. The molecule has 5 heteroatoms. The van der Waals surface area contributed by atoms with Gasteiger partial charge in [0, 0.05) is 31.3 Å². The lowest BCUT2D eigenvalue weighted by molar-refractivity contribution is -0.124. The highest BCUT2D eigenvalue weighted by Crippen LogP contribution is 2.16. The maximum absolute atomic E-state index is 12.1. The predicted octanol–water partition coefficient (Wildman–Crippen LogP) is 1.38. The van der Waals surface area contributed by atoms with Gasteiger partial charge >= 0.3 is 0 Å². The Morgan fingerprint density at radius 2 is 2.10 bits per heavy atom. The Bertz CT molecular complexity index is 315. The van der Waals surface area contributed by atoms with Crippen molar-refractivity contribution in [3.05, 3.63) is 0 Å². The van der Waals surface area contributed by atoms with Crippen LogP contribution in [0.2, 0.25) is 0 Å². The Balaban J connectivity index is 2.43. The molecule has 5 nitrogen and oxygen atoms in total. The summed E-state index contributed by atoms with van der Waals surface area (Å²) in [6, 6.07) is 0.528. The first-order valence-electron chi connectivity index (χ1n) is 8.09. The van der Waals surface area contributed by atoms with Gasteiger partial charge in [-0.2, -0.15) is 0 Å². The number of nitrogens with zero attached hydrogens (tertiary/aromatic N) is 1. The summed E-state index contributed by atoms with van der Waals surface area (Å²) in [5.74, 6) is 0.0993. The summed E-state index contributed by atoms with van der Waals surface area (Å²) in [5.41, 5.74) is 0.123. The number of hydrogen-bond acceptors (Lipinski definition) is 4. The second-order valence-corrected chi connectivity index (χ2v) is 7.17. The molecular formula is C16H33N3O2. The molecule has 0 aromatic heterocycles. The van der Waals surface area contributed by atoms with Gasteiger partial charge in [-0.3, -0.25) is 9.69 Å². The van der Waals surface area contributed by atoms with Crippen LogP contribution in [0.1, 0.15) is 47.0 Å². The van der Waals surface area contributed by atoms with E-state index in [4.69, 9.17) is 4.74 Å². The van der Waals surface area contributed by atoms with Gasteiger partial charge in [-0.25, -0.2) is 0 Å². The molecule has 1 saturated heterocycles. The number of carbonyl (C=O) groups excluding carboxylic acids is 1. The maximum Gasteiger partial charge on any atom is 0.234 e. The quantitative estimate of drug-likeness (QED) is 0.746. The van der Waals surface area contributed by atoms with Crippen LogP contribution in [0.15, 0.2) is 0 Å². The lowest BCUT2D eigenvalue weighted by Crippen LogP contribution is -2.52. The number of ether oxygens (including phenoxy) is 1. The van der Waals surface area contributed by atoms with E-state index in [1.165, 1.54) is 19.3 Å². The van der Waals surface area contributed by atoms with Crippen molar-refractivity contribution in [2.24, 2.45) is 0 Å². The summed E-state index contributed by atoms with van der Waals surface area (Å²) in [6.07, 6.45) is 3.62. The molecule has 0 bridgehead atoms. The number of likely N-dealkylation sites (tertiary alicyclic amines) is 1. The van der Waals surface area contributed by atoms with Crippen molar-refractivity contribution in [1.29, 1.82) is 0 Å². The van der Waals surface area contributed by atoms with Crippen LogP contribution in [0, 0.1) is 0 Å². The average Bonchev–Trinajstić information content (AvgIpc) is 2.36. The van der Waals surface area contributed by atoms with E-state index in [0.717, 1.165) is 13.1 Å². The third-order valence-corrected chi connectivity index (χ3v) is 3.79. The summed E-state index contributed by atoms with van der Waals surface area (Å²) in [6.45, 7) is 11.5. The van der Waals surface area contributed by atoms with Gasteiger partial charge in [-0.15, -0.1) is 0 Å². The van der Waals surface area contributed by atoms with Crippen LogP contribution in [-0.2, 0) is 9.53 Å². The monoisotopic (exact) mass is 299 g/mol. The number of carbonyl (C=O) groups is 1.